The van der Waals surface area contributed by atoms with Gasteiger partial charge in [0.2, 0.25) is 0 Å². The second-order valence-electron chi connectivity index (χ2n) is 4.17. The second kappa shape index (κ2) is 9.52. The molecule has 0 aromatic carbocycles. The number of methoxy groups -OCH3 is 1. The summed E-state index contributed by atoms with van der Waals surface area (Å²) in [4.78, 5) is 18.3. The number of hydrogen-bond donors (Lipinski definition) is 2. The summed E-state index contributed by atoms with van der Waals surface area (Å²) in [6, 6.07) is 1.48. The molecule has 0 saturated heterocycles. The van der Waals surface area contributed by atoms with Crippen molar-refractivity contribution in [3.8, 4) is 0 Å². The molecule has 6 heteroatoms. The monoisotopic (exact) mass is 269 g/mol. The highest BCUT2D eigenvalue weighted by atomic mass is 16.5. The van der Waals surface area contributed by atoms with Gasteiger partial charge in [-0.05, 0) is 12.8 Å². The van der Waals surface area contributed by atoms with E-state index in [0.717, 1.165) is 32.4 Å². The molecule has 0 atom stereocenters. The lowest BCUT2D eigenvalue weighted by Gasteiger charge is -2.07. The Kier molecular flexibility index (Phi) is 7.84. The average Bonchev–Trinajstić information content (AvgIpc) is 2.41. The molecule has 0 fully saturated rings. The maximum absolute atomic E-state index is 11.3. The highest BCUT2D eigenvalue weighted by Crippen LogP contribution is 2.00. The number of ether oxygens (including phenoxy) is 2. The first-order valence-corrected chi connectivity index (χ1v) is 6.67. The first-order valence-electron chi connectivity index (χ1n) is 6.67. The third kappa shape index (κ3) is 6.93. The predicted octanol–water partition coefficient (Wildman–Crippen LogP) is 1.19. The van der Waals surface area contributed by atoms with Crippen molar-refractivity contribution in [1.82, 2.24) is 9.97 Å². The molecule has 0 amide bonds. The van der Waals surface area contributed by atoms with E-state index in [4.69, 9.17) is 9.47 Å². The van der Waals surface area contributed by atoms with Gasteiger partial charge < -0.3 is 19.8 Å². The van der Waals surface area contributed by atoms with E-state index in [2.05, 4.69) is 15.3 Å². The van der Waals surface area contributed by atoms with Crippen LogP contribution in [0.2, 0.25) is 0 Å². The van der Waals surface area contributed by atoms with Gasteiger partial charge in [-0.3, -0.25) is 4.79 Å². The van der Waals surface area contributed by atoms with Gasteiger partial charge in [0.1, 0.15) is 11.6 Å². The van der Waals surface area contributed by atoms with E-state index in [9.17, 15) is 4.79 Å². The van der Waals surface area contributed by atoms with Gasteiger partial charge >= 0.3 is 0 Å². The summed E-state index contributed by atoms with van der Waals surface area (Å²) in [5, 5.41) is 3.15. The van der Waals surface area contributed by atoms with Crippen molar-refractivity contribution in [2.75, 3.05) is 38.8 Å². The third-order valence-corrected chi connectivity index (χ3v) is 2.58. The first-order chi connectivity index (χ1) is 9.26. The van der Waals surface area contributed by atoms with Crippen molar-refractivity contribution in [1.29, 1.82) is 0 Å². The molecular formula is C13H23N3O3. The molecule has 0 saturated carbocycles. The summed E-state index contributed by atoms with van der Waals surface area (Å²) in [5.41, 5.74) is -0.114. The molecule has 0 aliphatic rings. The summed E-state index contributed by atoms with van der Waals surface area (Å²) in [6.45, 7) is 4.74. The number of aryl methyl sites for hydroxylation is 1. The molecule has 19 heavy (non-hydrogen) atoms. The Morgan fingerprint density at radius 3 is 2.89 bits per heavy atom. The summed E-state index contributed by atoms with van der Waals surface area (Å²) >= 11 is 0. The lowest BCUT2D eigenvalue weighted by Crippen LogP contribution is -2.14. The van der Waals surface area contributed by atoms with Crippen LogP contribution < -0.4 is 10.9 Å². The number of hydrogen-bond acceptors (Lipinski definition) is 5. The van der Waals surface area contributed by atoms with Crippen LogP contribution in [0.5, 0.6) is 0 Å². The van der Waals surface area contributed by atoms with E-state index < -0.39 is 0 Å². The van der Waals surface area contributed by atoms with Gasteiger partial charge in [0.15, 0.2) is 0 Å². The van der Waals surface area contributed by atoms with Crippen LogP contribution in [-0.2, 0) is 15.9 Å². The molecule has 0 spiro atoms. The highest BCUT2D eigenvalue weighted by Gasteiger charge is 1.99. The van der Waals surface area contributed by atoms with Crippen molar-refractivity contribution in [2.24, 2.45) is 0 Å². The van der Waals surface area contributed by atoms with Crippen LogP contribution >= 0.6 is 0 Å². The van der Waals surface area contributed by atoms with Crippen molar-refractivity contribution in [3.05, 3.63) is 22.2 Å². The smallest absolute Gasteiger partial charge is 0.252 e. The van der Waals surface area contributed by atoms with Gasteiger partial charge in [-0.2, -0.15) is 0 Å². The Morgan fingerprint density at radius 1 is 1.32 bits per heavy atom. The molecule has 0 unspecified atom stereocenters. The number of nitrogens with one attached hydrogen (secondary N) is 2. The molecule has 2 N–H and O–H groups in total. The van der Waals surface area contributed by atoms with E-state index in [0.29, 0.717) is 24.9 Å². The number of unbranched alkanes of at least 4 members (excludes halogenated alkanes) is 1. The average molecular weight is 269 g/mol. The molecule has 0 aliphatic heterocycles. The zero-order valence-electron chi connectivity index (χ0n) is 11.7. The SMILES string of the molecule is CCc1nc(NCCCCOCCOC)cc(=O)[nH]1. The zero-order chi connectivity index (χ0) is 13.9. The Labute approximate surface area is 113 Å². The van der Waals surface area contributed by atoms with Crippen LogP contribution in [0.15, 0.2) is 10.9 Å². The molecule has 108 valence electrons. The van der Waals surface area contributed by atoms with Crippen LogP contribution in [0, 0.1) is 0 Å². The van der Waals surface area contributed by atoms with E-state index in [-0.39, 0.29) is 5.56 Å². The summed E-state index contributed by atoms with van der Waals surface area (Å²) < 4.78 is 10.2. The first kappa shape index (κ1) is 15.7. The Bertz CT molecular complexity index is 406. The quantitative estimate of drug-likeness (QED) is 0.624. The number of H-pyrrole nitrogens is 1. The van der Waals surface area contributed by atoms with E-state index >= 15 is 0 Å². The van der Waals surface area contributed by atoms with Crippen molar-refractivity contribution in [3.63, 3.8) is 0 Å². The molecule has 0 bridgehead atoms. The lowest BCUT2D eigenvalue weighted by molar-refractivity contribution is 0.0691. The molecule has 1 aromatic rings. The highest BCUT2D eigenvalue weighted by molar-refractivity contribution is 5.32. The topological polar surface area (TPSA) is 76.2 Å². The number of nitrogens with zero attached hydrogens (tertiary/aromatic N) is 1. The minimum atomic E-state index is -0.114. The summed E-state index contributed by atoms with van der Waals surface area (Å²) in [7, 11) is 1.66. The van der Waals surface area contributed by atoms with Crippen LogP contribution in [0.25, 0.3) is 0 Å². The van der Waals surface area contributed by atoms with E-state index in [1.165, 1.54) is 6.07 Å². The number of aromatic amines is 1. The van der Waals surface area contributed by atoms with Crippen LogP contribution in [0.4, 0.5) is 5.82 Å². The standard InChI is InChI=1S/C13H23N3O3/c1-3-11-15-12(10-13(17)16-11)14-6-4-5-7-19-9-8-18-2/h10H,3-9H2,1-2H3,(H2,14,15,16,17). The van der Waals surface area contributed by atoms with Gasteiger partial charge in [0.25, 0.3) is 5.56 Å². The fourth-order valence-corrected chi connectivity index (χ4v) is 1.56. The fraction of sp³-hybridized carbons (Fsp3) is 0.692. The summed E-state index contributed by atoms with van der Waals surface area (Å²) in [6.07, 6.45) is 2.67. The fourth-order valence-electron chi connectivity index (χ4n) is 1.56. The Hall–Kier alpha value is -1.40. The zero-order valence-corrected chi connectivity index (χ0v) is 11.7. The number of rotatable bonds is 10. The van der Waals surface area contributed by atoms with Crippen molar-refractivity contribution < 1.29 is 9.47 Å². The second-order valence-corrected chi connectivity index (χ2v) is 4.17. The third-order valence-electron chi connectivity index (χ3n) is 2.58. The van der Waals surface area contributed by atoms with Crippen LogP contribution in [-0.4, -0.2) is 43.4 Å². The van der Waals surface area contributed by atoms with Gasteiger partial charge in [-0.1, -0.05) is 6.92 Å². The van der Waals surface area contributed by atoms with Crippen LogP contribution in [0.3, 0.4) is 0 Å². The predicted molar refractivity (Wildman–Crippen MR) is 74.7 cm³/mol. The maximum Gasteiger partial charge on any atom is 0.252 e. The largest absolute Gasteiger partial charge is 0.382 e. The summed E-state index contributed by atoms with van der Waals surface area (Å²) in [5.74, 6) is 1.35. The molecular weight excluding hydrogens is 246 g/mol. The maximum atomic E-state index is 11.3. The van der Waals surface area contributed by atoms with Crippen molar-refractivity contribution in [2.45, 2.75) is 26.2 Å². The van der Waals surface area contributed by atoms with E-state index in [1.54, 1.807) is 7.11 Å². The molecule has 6 nitrogen and oxygen atoms in total. The van der Waals surface area contributed by atoms with Gasteiger partial charge in [-0.15, -0.1) is 0 Å². The minimum Gasteiger partial charge on any atom is -0.382 e. The molecule has 1 rings (SSSR count). The van der Waals surface area contributed by atoms with Gasteiger partial charge in [0, 0.05) is 32.7 Å². The number of anilines is 1. The van der Waals surface area contributed by atoms with Gasteiger partial charge in [0.05, 0.1) is 13.2 Å². The van der Waals surface area contributed by atoms with Gasteiger partial charge in [-0.25, -0.2) is 4.98 Å². The number of aromatic nitrogens is 2. The molecule has 1 heterocycles. The minimum absolute atomic E-state index is 0.114. The molecule has 1 aromatic heterocycles. The normalized spacial score (nSPS) is 10.6. The van der Waals surface area contributed by atoms with Crippen LogP contribution in [0.1, 0.15) is 25.6 Å². The molecule has 0 aliphatic carbocycles. The van der Waals surface area contributed by atoms with E-state index in [1.807, 2.05) is 6.92 Å². The Morgan fingerprint density at radius 2 is 2.16 bits per heavy atom. The van der Waals surface area contributed by atoms with Crippen molar-refractivity contribution >= 4 is 5.82 Å². The Balaban J connectivity index is 2.15. The lowest BCUT2D eigenvalue weighted by atomic mass is 10.3. The molecule has 0 radical (unpaired) electrons.